The fourth-order valence-electron chi connectivity index (χ4n) is 1.22. The summed E-state index contributed by atoms with van der Waals surface area (Å²) in [6.07, 6.45) is 0. The van der Waals surface area contributed by atoms with Crippen LogP contribution >= 0.6 is 11.6 Å². The van der Waals surface area contributed by atoms with E-state index in [2.05, 4.69) is 4.74 Å². The Hall–Kier alpha value is -1.87. The maximum Gasteiger partial charge on any atom is 0.387 e. The summed E-state index contributed by atoms with van der Waals surface area (Å²) in [6, 6.07) is 3.85. The predicted octanol–water partition coefficient (Wildman–Crippen LogP) is 2.99. The van der Waals surface area contributed by atoms with Crippen LogP contribution in [0.1, 0.15) is 22.8 Å². The number of nitriles is 1. The number of benzene rings is 1. The summed E-state index contributed by atoms with van der Waals surface area (Å²) in [5, 5.41) is 8.57. The minimum Gasteiger partial charge on any atom is -0.462 e. The van der Waals surface area contributed by atoms with Gasteiger partial charge in [-0.3, -0.25) is 0 Å². The number of hydrogen-bond donors (Lipinski definition) is 0. The molecule has 1 rings (SSSR count). The molecule has 1 aromatic carbocycles. The number of halogens is 3. The Morgan fingerprint density at radius 1 is 1.56 bits per heavy atom. The monoisotopic (exact) mass is 275 g/mol. The molecule has 4 nitrogen and oxygen atoms in total. The Morgan fingerprint density at radius 2 is 2.22 bits per heavy atom. The number of rotatable bonds is 4. The molecule has 18 heavy (non-hydrogen) atoms. The van der Waals surface area contributed by atoms with Gasteiger partial charge in [0.1, 0.15) is 17.4 Å². The summed E-state index contributed by atoms with van der Waals surface area (Å²) in [4.78, 5) is 11.5. The number of alkyl halides is 2. The number of hydrogen-bond acceptors (Lipinski definition) is 4. The average molecular weight is 276 g/mol. The molecule has 1 aromatic rings. The summed E-state index contributed by atoms with van der Waals surface area (Å²) >= 11 is 5.78. The lowest BCUT2D eigenvalue weighted by Crippen LogP contribution is -2.08. The van der Waals surface area contributed by atoms with Crippen LogP contribution in [0.15, 0.2) is 12.1 Å². The quantitative estimate of drug-likeness (QED) is 0.793. The van der Waals surface area contributed by atoms with Crippen molar-refractivity contribution < 1.29 is 23.0 Å². The molecule has 0 aliphatic heterocycles. The van der Waals surface area contributed by atoms with Crippen LogP contribution in [-0.4, -0.2) is 19.2 Å². The standard InChI is InChI=1S/C11H8ClF2NO3/c1-2-17-10(16)6-3-4-8(18-11(13)14)7(5-15)9(6)12/h3-4,11H,2H2,1H3. The lowest BCUT2D eigenvalue weighted by atomic mass is 10.1. The maximum atomic E-state index is 12.1. The van der Waals surface area contributed by atoms with E-state index in [1.54, 1.807) is 13.0 Å². The molecular weight excluding hydrogens is 268 g/mol. The first-order chi connectivity index (χ1) is 8.51. The highest BCUT2D eigenvalue weighted by Gasteiger charge is 2.20. The van der Waals surface area contributed by atoms with Crippen LogP contribution in [0.3, 0.4) is 0 Å². The van der Waals surface area contributed by atoms with Gasteiger partial charge in [-0.1, -0.05) is 11.6 Å². The van der Waals surface area contributed by atoms with Crippen LogP contribution in [0.4, 0.5) is 8.78 Å². The molecule has 0 aliphatic carbocycles. The van der Waals surface area contributed by atoms with Gasteiger partial charge < -0.3 is 9.47 Å². The molecule has 0 atom stereocenters. The topological polar surface area (TPSA) is 59.3 Å². The number of carbonyl (C=O) groups is 1. The molecule has 0 radical (unpaired) electrons. The second-order valence-corrected chi connectivity index (χ2v) is 3.39. The van der Waals surface area contributed by atoms with E-state index in [1.165, 1.54) is 6.07 Å². The van der Waals surface area contributed by atoms with E-state index in [0.717, 1.165) is 6.07 Å². The average Bonchev–Trinajstić information content (AvgIpc) is 2.29. The van der Waals surface area contributed by atoms with Crippen molar-refractivity contribution in [2.45, 2.75) is 13.5 Å². The minimum atomic E-state index is -3.08. The zero-order valence-corrected chi connectivity index (χ0v) is 10.0. The Labute approximate surface area is 107 Å². The number of esters is 1. The third-order valence-electron chi connectivity index (χ3n) is 1.93. The highest BCUT2D eigenvalue weighted by atomic mass is 35.5. The molecule has 0 N–H and O–H groups in total. The maximum absolute atomic E-state index is 12.1. The Kier molecular flexibility index (Phi) is 4.86. The van der Waals surface area contributed by atoms with Gasteiger partial charge in [-0.25, -0.2) is 4.79 Å². The summed E-state index contributed by atoms with van der Waals surface area (Å²) in [7, 11) is 0. The van der Waals surface area contributed by atoms with E-state index < -0.39 is 12.6 Å². The smallest absolute Gasteiger partial charge is 0.387 e. The zero-order valence-electron chi connectivity index (χ0n) is 9.25. The van der Waals surface area contributed by atoms with E-state index in [1.807, 2.05) is 0 Å². The van der Waals surface area contributed by atoms with Gasteiger partial charge in [-0.05, 0) is 19.1 Å². The van der Waals surface area contributed by atoms with Crippen LogP contribution in [0, 0.1) is 11.3 Å². The lowest BCUT2D eigenvalue weighted by molar-refractivity contribution is -0.0500. The normalized spacial score (nSPS) is 10.0. The second kappa shape index (κ2) is 6.17. The fourth-order valence-corrected chi connectivity index (χ4v) is 1.50. The predicted molar refractivity (Wildman–Crippen MR) is 58.8 cm³/mol. The van der Waals surface area contributed by atoms with E-state index in [-0.39, 0.29) is 28.5 Å². The molecule has 0 fully saturated rings. The largest absolute Gasteiger partial charge is 0.462 e. The van der Waals surface area contributed by atoms with Crippen molar-refractivity contribution in [2.75, 3.05) is 6.61 Å². The van der Waals surface area contributed by atoms with E-state index in [4.69, 9.17) is 21.6 Å². The van der Waals surface area contributed by atoms with Crippen molar-refractivity contribution in [3.05, 3.63) is 28.3 Å². The van der Waals surface area contributed by atoms with Crippen LogP contribution in [-0.2, 0) is 4.74 Å². The first-order valence-corrected chi connectivity index (χ1v) is 5.23. The van der Waals surface area contributed by atoms with Crippen molar-refractivity contribution in [2.24, 2.45) is 0 Å². The van der Waals surface area contributed by atoms with Crippen LogP contribution < -0.4 is 4.74 Å². The van der Waals surface area contributed by atoms with Crippen molar-refractivity contribution in [3.63, 3.8) is 0 Å². The van der Waals surface area contributed by atoms with Gasteiger partial charge in [0, 0.05) is 0 Å². The molecule has 0 heterocycles. The number of nitrogens with zero attached hydrogens (tertiary/aromatic N) is 1. The second-order valence-electron chi connectivity index (χ2n) is 3.01. The molecule has 96 valence electrons. The van der Waals surface area contributed by atoms with Gasteiger partial charge in [0.15, 0.2) is 0 Å². The summed E-state index contributed by atoms with van der Waals surface area (Å²) in [5.41, 5.74) is -0.404. The molecular formula is C11H8ClF2NO3. The van der Waals surface area contributed by atoms with Gasteiger partial charge >= 0.3 is 12.6 Å². The first kappa shape index (κ1) is 14.2. The van der Waals surface area contributed by atoms with E-state index >= 15 is 0 Å². The molecule has 0 unspecified atom stereocenters. The molecule has 0 aliphatic rings. The van der Waals surface area contributed by atoms with Crippen molar-refractivity contribution in [3.8, 4) is 11.8 Å². The SMILES string of the molecule is CCOC(=O)c1ccc(OC(F)F)c(C#N)c1Cl. The zero-order chi connectivity index (χ0) is 13.7. The molecule has 0 spiro atoms. The van der Waals surface area contributed by atoms with E-state index in [0.29, 0.717) is 0 Å². The molecule has 0 amide bonds. The Balaban J connectivity index is 3.21. The highest BCUT2D eigenvalue weighted by Crippen LogP contribution is 2.30. The summed E-state index contributed by atoms with van der Waals surface area (Å²) in [5.74, 6) is -1.12. The van der Waals surface area contributed by atoms with Gasteiger partial charge in [0.2, 0.25) is 0 Å². The van der Waals surface area contributed by atoms with Crippen LogP contribution in [0.5, 0.6) is 5.75 Å². The summed E-state index contributed by atoms with van der Waals surface area (Å²) < 4.78 is 33.0. The Bertz CT molecular complexity index is 500. The number of carbonyl (C=O) groups excluding carboxylic acids is 1. The van der Waals surface area contributed by atoms with Gasteiger partial charge in [-0.15, -0.1) is 0 Å². The fraction of sp³-hybridized carbons (Fsp3) is 0.273. The minimum absolute atomic E-state index is 0.0725. The molecule has 0 aromatic heterocycles. The van der Waals surface area contributed by atoms with Gasteiger partial charge in [-0.2, -0.15) is 14.0 Å². The van der Waals surface area contributed by atoms with Crippen LogP contribution in [0.2, 0.25) is 5.02 Å². The molecule has 0 bridgehead atoms. The highest BCUT2D eigenvalue weighted by molar-refractivity contribution is 6.35. The van der Waals surface area contributed by atoms with Gasteiger partial charge in [0.25, 0.3) is 0 Å². The molecule has 7 heteroatoms. The Morgan fingerprint density at radius 3 is 2.72 bits per heavy atom. The van der Waals surface area contributed by atoms with Crippen molar-refractivity contribution in [1.82, 2.24) is 0 Å². The molecule has 0 saturated carbocycles. The van der Waals surface area contributed by atoms with E-state index in [9.17, 15) is 13.6 Å². The molecule has 0 saturated heterocycles. The summed E-state index contributed by atoms with van der Waals surface area (Å²) in [6.45, 7) is -1.35. The first-order valence-electron chi connectivity index (χ1n) is 4.85. The van der Waals surface area contributed by atoms with Crippen molar-refractivity contribution >= 4 is 17.6 Å². The number of ether oxygens (including phenoxy) is 2. The van der Waals surface area contributed by atoms with Gasteiger partial charge in [0.05, 0.1) is 17.2 Å². The third kappa shape index (κ3) is 3.08. The van der Waals surface area contributed by atoms with Crippen LogP contribution in [0.25, 0.3) is 0 Å². The van der Waals surface area contributed by atoms with Crippen molar-refractivity contribution in [1.29, 1.82) is 5.26 Å². The lowest BCUT2D eigenvalue weighted by Gasteiger charge is -2.10. The third-order valence-corrected chi connectivity index (χ3v) is 2.32.